The molecule has 0 aromatic heterocycles. The maximum absolute atomic E-state index is 12.7. The number of alkyl halides is 3. The topological polar surface area (TPSA) is 57.9 Å². The Labute approximate surface area is 113 Å². The van der Waals surface area contributed by atoms with Crippen LogP contribution >= 0.6 is 33.3 Å². The Morgan fingerprint density at radius 2 is 1.88 bits per heavy atom. The molecule has 0 heterocycles. The summed E-state index contributed by atoms with van der Waals surface area (Å²) in [6, 6.07) is 3.19. The summed E-state index contributed by atoms with van der Waals surface area (Å²) < 4.78 is 59.7. The van der Waals surface area contributed by atoms with Gasteiger partial charge in [-0.25, -0.2) is 8.42 Å². The lowest BCUT2D eigenvalue weighted by atomic mass is 10.1. The van der Waals surface area contributed by atoms with Gasteiger partial charge in [0.15, 0.2) is 0 Å². The quantitative estimate of drug-likeness (QED) is 0.542. The first kappa shape index (κ1) is 14.5. The van der Waals surface area contributed by atoms with Crippen molar-refractivity contribution in [1.29, 1.82) is 5.26 Å². The number of benzene rings is 1. The second-order valence-corrected chi connectivity index (χ2v) is 6.46. The summed E-state index contributed by atoms with van der Waals surface area (Å²) in [6.07, 6.45) is -4.90. The molecule has 92 valence electrons. The molecule has 0 saturated carbocycles. The number of hydrogen-bond acceptors (Lipinski definition) is 3. The van der Waals surface area contributed by atoms with Crippen LogP contribution in [0.4, 0.5) is 13.2 Å². The van der Waals surface area contributed by atoms with E-state index in [0.717, 1.165) is 6.07 Å². The minimum Gasteiger partial charge on any atom is -0.207 e. The largest absolute Gasteiger partial charge is 0.418 e. The highest BCUT2D eigenvalue weighted by atomic mass is 127. The smallest absolute Gasteiger partial charge is 0.207 e. The summed E-state index contributed by atoms with van der Waals surface area (Å²) in [6.45, 7) is 0. The molecule has 0 atom stereocenters. The molecule has 9 heteroatoms. The molecule has 0 amide bonds. The molecule has 0 spiro atoms. The second kappa shape index (κ2) is 4.62. The molecular formula is C8H2ClF3INO2S. The lowest BCUT2D eigenvalue weighted by Gasteiger charge is -2.13. The molecule has 0 radical (unpaired) electrons. The highest BCUT2D eigenvalue weighted by Gasteiger charge is 2.39. The van der Waals surface area contributed by atoms with Crippen LogP contribution in [0.25, 0.3) is 0 Å². The third kappa shape index (κ3) is 3.02. The summed E-state index contributed by atoms with van der Waals surface area (Å²) in [5.41, 5.74) is -1.67. The number of hydrogen-bond donors (Lipinski definition) is 0. The molecule has 0 unspecified atom stereocenters. The molecule has 0 saturated heterocycles. The number of nitrogens with zero attached hydrogens (tertiary/aromatic N) is 1. The lowest BCUT2D eigenvalue weighted by Crippen LogP contribution is -2.14. The third-order valence-electron chi connectivity index (χ3n) is 1.77. The fourth-order valence-electron chi connectivity index (χ4n) is 1.11. The fraction of sp³-hybridized carbons (Fsp3) is 0.125. The molecule has 0 aliphatic rings. The van der Waals surface area contributed by atoms with Crippen LogP contribution < -0.4 is 0 Å². The third-order valence-corrected chi connectivity index (χ3v) is 4.26. The average Bonchev–Trinajstić information content (AvgIpc) is 2.13. The Balaban J connectivity index is 3.80. The van der Waals surface area contributed by atoms with Gasteiger partial charge in [-0.05, 0) is 34.7 Å². The van der Waals surface area contributed by atoms with Gasteiger partial charge in [-0.3, -0.25) is 0 Å². The van der Waals surface area contributed by atoms with E-state index >= 15 is 0 Å². The molecule has 0 aliphatic heterocycles. The molecule has 1 aromatic carbocycles. The van der Waals surface area contributed by atoms with Crippen molar-refractivity contribution in [2.75, 3.05) is 0 Å². The highest BCUT2D eigenvalue weighted by molar-refractivity contribution is 14.1. The van der Waals surface area contributed by atoms with Crippen LogP contribution in [0, 0.1) is 14.9 Å². The van der Waals surface area contributed by atoms with Crippen molar-refractivity contribution in [2.45, 2.75) is 11.1 Å². The SMILES string of the molecule is N#Cc1ccc(S(=O)(=O)Cl)c(C(F)(F)F)c1I. The zero-order chi connectivity index (χ0) is 13.4. The van der Waals surface area contributed by atoms with Crippen LogP contribution in [0.5, 0.6) is 0 Å². The molecule has 0 N–H and O–H groups in total. The molecule has 17 heavy (non-hydrogen) atoms. The van der Waals surface area contributed by atoms with Crippen molar-refractivity contribution in [2.24, 2.45) is 0 Å². The second-order valence-electron chi connectivity index (χ2n) is 2.85. The predicted octanol–water partition coefficient (Wildman–Crippen LogP) is 3.11. The Morgan fingerprint density at radius 1 is 1.35 bits per heavy atom. The average molecular weight is 396 g/mol. The van der Waals surface area contributed by atoms with Gasteiger partial charge < -0.3 is 0 Å². The van der Waals surface area contributed by atoms with Crippen molar-refractivity contribution < 1.29 is 21.6 Å². The van der Waals surface area contributed by atoms with Crippen LogP contribution in [0.3, 0.4) is 0 Å². The fourth-order valence-corrected chi connectivity index (χ4v) is 3.27. The number of rotatable bonds is 1. The zero-order valence-corrected chi connectivity index (χ0v) is 11.4. The van der Waals surface area contributed by atoms with E-state index in [-0.39, 0.29) is 5.56 Å². The standard InChI is InChI=1S/C8H2ClF3INO2S/c9-17(15,16)5-2-1-4(3-14)7(13)6(5)8(10,11)12/h1-2H. The van der Waals surface area contributed by atoms with Gasteiger partial charge in [-0.1, -0.05) is 0 Å². The first-order valence-electron chi connectivity index (χ1n) is 3.83. The van der Waals surface area contributed by atoms with Gasteiger partial charge in [0, 0.05) is 14.3 Å². The van der Waals surface area contributed by atoms with Crippen LogP contribution in [-0.2, 0) is 15.2 Å². The molecule has 0 bridgehead atoms. The van der Waals surface area contributed by atoms with E-state index in [2.05, 4.69) is 0 Å². The first-order valence-corrected chi connectivity index (χ1v) is 7.22. The summed E-state index contributed by atoms with van der Waals surface area (Å²) in [4.78, 5) is -1.05. The lowest BCUT2D eigenvalue weighted by molar-refractivity contribution is -0.140. The first-order chi connectivity index (χ1) is 7.59. The van der Waals surface area contributed by atoms with Gasteiger partial charge in [-0.15, -0.1) is 0 Å². The molecule has 0 aliphatic carbocycles. The van der Waals surface area contributed by atoms with Crippen molar-refractivity contribution in [3.63, 3.8) is 0 Å². The summed E-state index contributed by atoms with van der Waals surface area (Å²) in [5.74, 6) is 0. The van der Waals surface area contributed by atoms with Crippen molar-refractivity contribution >= 4 is 42.3 Å². The van der Waals surface area contributed by atoms with Crippen molar-refractivity contribution in [3.05, 3.63) is 26.8 Å². The van der Waals surface area contributed by atoms with Crippen LogP contribution in [-0.4, -0.2) is 8.42 Å². The molecular weight excluding hydrogens is 394 g/mol. The molecule has 1 aromatic rings. The molecule has 0 fully saturated rings. The van der Waals surface area contributed by atoms with E-state index in [1.165, 1.54) is 22.6 Å². The molecule has 1 rings (SSSR count). The van der Waals surface area contributed by atoms with Gasteiger partial charge in [0.1, 0.15) is 6.07 Å². The minimum atomic E-state index is -4.90. The predicted molar refractivity (Wildman–Crippen MR) is 61.9 cm³/mol. The Morgan fingerprint density at radius 3 is 2.24 bits per heavy atom. The monoisotopic (exact) mass is 395 g/mol. The van der Waals surface area contributed by atoms with Gasteiger partial charge in [0.25, 0.3) is 9.05 Å². The maximum atomic E-state index is 12.7. The van der Waals surface area contributed by atoms with E-state index < -0.39 is 29.3 Å². The summed E-state index contributed by atoms with van der Waals surface area (Å²) >= 11 is 1.27. The van der Waals surface area contributed by atoms with E-state index in [1.54, 1.807) is 6.07 Å². The summed E-state index contributed by atoms with van der Waals surface area (Å²) in [7, 11) is 0.397. The van der Waals surface area contributed by atoms with Crippen LogP contribution in [0.15, 0.2) is 17.0 Å². The van der Waals surface area contributed by atoms with Gasteiger partial charge in [-0.2, -0.15) is 18.4 Å². The van der Waals surface area contributed by atoms with E-state index in [9.17, 15) is 21.6 Å². The van der Waals surface area contributed by atoms with Gasteiger partial charge in [0.2, 0.25) is 0 Å². The van der Waals surface area contributed by atoms with Crippen molar-refractivity contribution in [3.8, 4) is 6.07 Å². The minimum absolute atomic E-state index is 0.262. The van der Waals surface area contributed by atoms with Gasteiger partial charge in [0.05, 0.1) is 16.0 Å². The normalized spacial score (nSPS) is 12.2. The van der Waals surface area contributed by atoms with E-state index in [0.29, 0.717) is 6.07 Å². The van der Waals surface area contributed by atoms with E-state index in [4.69, 9.17) is 15.9 Å². The summed E-state index contributed by atoms with van der Waals surface area (Å²) in [5, 5.41) is 8.60. The van der Waals surface area contributed by atoms with Crippen LogP contribution in [0.1, 0.15) is 11.1 Å². The van der Waals surface area contributed by atoms with E-state index in [1.807, 2.05) is 0 Å². The Kier molecular flexibility index (Phi) is 3.95. The highest BCUT2D eigenvalue weighted by Crippen LogP contribution is 2.39. The Bertz CT molecular complexity index is 606. The van der Waals surface area contributed by atoms with Crippen molar-refractivity contribution in [1.82, 2.24) is 0 Å². The Hall–Kier alpha value is -0.530. The molecule has 3 nitrogen and oxygen atoms in total. The maximum Gasteiger partial charge on any atom is 0.418 e. The zero-order valence-electron chi connectivity index (χ0n) is 7.72. The van der Waals surface area contributed by atoms with Gasteiger partial charge >= 0.3 is 6.18 Å². The number of nitriles is 1. The number of halogens is 5. The van der Waals surface area contributed by atoms with Crippen LogP contribution in [0.2, 0.25) is 0 Å².